The fourth-order valence-electron chi connectivity index (χ4n) is 5.65. The Kier molecular flexibility index (Phi) is 11.0. The van der Waals surface area contributed by atoms with Gasteiger partial charge in [-0.25, -0.2) is 0 Å². The van der Waals surface area contributed by atoms with E-state index < -0.39 is 61.4 Å². The number of aromatic hydroxyl groups is 1. The Morgan fingerprint density at radius 1 is 0.773 bits per heavy atom. The highest BCUT2D eigenvalue weighted by Gasteiger charge is 2.46. The van der Waals surface area contributed by atoms with Crippen molar-refractivity contribution < 1.29 is 64.2 Å². The first-order valence-corrected chi connectivity index (χ1v) is 14.9. The van der Waals surface area contributed by atoms with E-state index in [0.717, 1.165) is 30.4 Å². The van der Waals surface area contributed by atoms with E-state index in [4.69, 9.17) is 28.4 Å². The van der Waals surface area contributed by atoms with E-state index in [2.05, 4.69) is 0 Å². The maximum Gasteiger partial charge on any atom is 0.186 e. The summed E-state index contributed by atoms with van der Waals surface area (Å²) < 4.78 is 34.4. The van der Waals surface area contributed by atoms with Gasteiger partial charge in [0.05, 0.1) is 26.4 Å². The van der Waals surface area contributed by atoms with Gasteiger partial charge >= 0.3 is 0 Å². The third kappa shape index (κ3) is 7.62. The van der Waals surface area contributed by atoms with Gasteiger partial charge in [-0.15, -0.1) is 0 Å². The SMILES string of the molecule is COc1cc2ccc1Oc1cc(ccc1O)CCC(O[C@@H]1O[C@H](CO[C@@H]3OC[C@H](O)[C@H](O)[C@H]3O)[C@@H](O)[C@H](O)[C@H]1O)CCCC2. The van der Waals surface area contributed by atoms with Crippen molar-refractivity contribution in [3.63, 3.8) is 0 Å². The predicted octanol–water partition coefficient (Wildman–Crippen LogP) is 0.500. The van der Waals surface area contributed by atoms with E-state index in [1.165, 1.54) is 0 Å². The van der Waals surface area contributed by atoms with Crippen molar-refractivity contribution in [1.82, 2.24) is 0 Å². The number of ether oxygens (including phenoxy) is 6. The summed E-state index contributed by atoms with van der Waals surface area (Å²) in [5.74, 6) is 1.31. The van der Waals surface area contributed by atoms with Crippen LogP contribution in [-0.4, -0.2) is 117 Å². The summed E-state index contributed by atoms with van der Waals surface area (Å²) in [5.41, 5.74) is 1.93. The minimum Gasteiger partial charge on any atom is -0.504 e. The summed E-state index contributed by atoms with van der Waals surface area (Å²) in [6, 6.07) is 10.8. The lowest BCUT2D eigenvalue weighted by molar-refractivity contribution is -0.328. The van der Waals surface area contributed by atoms with Gasteiger partial charge in [0.1, 0.15) is 42.7 Å². The third-order valence-electron chi connectivity index (χ3n) is 8.34. The Morgan fingerprint density at radius 3 is 2.32 bits per heavy atom. The average Bonchev–Trinajstić information content (AvgIpc) is 3.03. The Hall–Kier alpha value is -2.56. The van der Waals surface area contributed by atoms with Gasteiger partial charge in [-0.1, -0.05) is 18.6 Å². The van der Waals surface area contributed by atoms with Crippen molar-refractivity contribution in [2.24, 2.45) is 0 Å². The molecule has 44 heavy (non-hydrogen) atoms. The molecule has 0 aliphatic carbocycles. The Balaban J connectivity index is 1.27. The van der Waals surface area contributed by atoms with Gasteiger partial charge in [0.25, 0.3) is 0 Å². The second kappa shape index (κ2) is 14.7. The molecule has 7 N–H and O–H groups in total. The molecule has 2 fully saturated rings. The molecule has 4 heterocycles. The minimum atomic E-state index is -1.61. The first kappa shape index (κ1) is 32.8. The van der Waals surface area contributed by atoms with E-state index >= 15 is 0 Å². The van der Waals surface area contributed by atoms with Crippen LogP contribution in [0, 0.1) is 0 Å². The van der Waals surface area contributed by atoms with Crippen LogP contribution in [0.1, 0.15) is 36.8 Å². The summed E-state index contributed by atoms with van der Waals surface area (Å²) in [6.45, 7) is -0.627. The smallest absolute Gasteiger partial charge is 0.186 e. The number of phenols is 1. The van der Waals surface area contributed by atoms with Gasteiger partial charge in [0.15, 0.2) is 35.6 Å². The summed E-state index contributed by atoms with van der Waals surface area (Å²) in [4.78, 5) is 0. The standard InChI is InChI=1S/C31H42O13/c1-39-23-13-16-4-2-3-5-18(9-6-17-7-10-19(32)22(12-17)43-21(23)11-8-16)42-31-29(38)27(36)26(35)24(44-31)15-41-30-28(37)25(34)20(33)14-40-30/h7-8,10-13,18,20,24-38H,2-6,9,14-15H2,1H3/t18?,20-,24+,25-,26+,27-,28+,29+,30-,31+/m0/s1. The third-order valence-corrected chi connectivity index (χ3v) is 8.34. The molecule has 0 radical (unpaired) electrons. The number of benzene rings is 2. The van der Waals surface area contributed by atoms with Crippen LogP contribution in [0.4, 0.5) is 0 Å². The van der Waals surface area contributed by atoms with Gasteiger partial charge in [-0.2, -0.15) is 0 Å². The molecule has 6 rings (SSSR count). The molecule has 13 nitrogen and oxygen atoms in total. The molecular weight excluding hydrogens is 580 g/mol. The molecule has 13 heteroatoms. The van der Waals surface area contributed by atoms with Crippen LogP contribution in [0.2, 0.25) is 0 Å². The van der Waals surface area contributed by atoms with Crippen molar-refractivity contribution in [2.75, 3.05) is 20.3 Å². The van der Waals surface area contributed by atoms with Gasteiger partial charge in [0.2, 0.25) is 0 Å². The Labute approximate surface area is 255 Å². The fraction of sp³-hybridized carbons (Fsp3) is 0.613. The van der Waals surface area contributed by atoms with Gasteiger partial charge in [-0.3, -0.25) is 0 Å². The predicted molar refractivity (Wildman–Crippen MR) is 152 cm³/mol. The first-order valence-electron chi connectivity index (χ1n) is 14.9. The van der Waals surface area contributed by atoms with Crippen LogP contribution >= 0.6 is 0 Å². The molecule has 4 aliphatic rings. The fourth-order valence-corrected chi connectivity index (χ4v) is 5.65. The maximum absolute atomic E-state index is 10.7. The van der Waals surface area contributed by atoms with Gasteiger partial charge in [0, 0.05) is 0 Å². The molecule has 0 amide bonds. The summed E-state index contributed by atoms with van der Waals surface area (Å²) >= 11 is 0. The Bertz CT molecular complexity index is 1230. The van der Waals surface area contributed by atoms with Gasteiger partial charge < -0.3 is 64.2 Å². The molecule has 0 saturated carbocycles. The molecule has 1 unspecified atom stereocenters. The van der Waals surface area contributed by atoms with E-state index in [1.54, 1.807) is 25.3 Å². The van der Waals surface area contributed by atoms with E-state index in [-0.39, 0.29) is 24.7 Å². The summed E-state index contributed by atoms with van der Waals surface area (Å²) in [7, 11) is 1.56. The van der Waals surface area contributed by atoms with Crippen LogP contribution in [-0.2, 0) is 31.8 Å². The van der Waals surface area contributed by atoms with Crippen LogP contribution in [0.5, 0.6) is 23.0 Å². The van der Waals surface area contributed by atoms with Crippen molar-refractivity contribution in [2.45, 2.75) is 99.9 Å². The van der Waals surface area contributed by atoms with E-state index in [0.29, 0.717) is 30.8 Å². The number of phenolic OH excluding ortho intramolecular Hbond substituents is 1. The van der Waals surface area contributed by atoms with Crippen molar-refractivity contribution in [3.8, 4) is 23.0 Å². The average molecular weight is 623 g/mol. The highest BCUT2D eigenvalue weighted by Crippen LogP contribution is 2.38. The monoisotopic (exact) mass is 622 g/mol. The summed E-state index contributed by atoms with van der Waals surface area (Å²) in [6.07, 6.45) is -9.06. The second-order valence-electron chi connectivity index (χ2n) is 11.5. The van der Waals surface area contributed by atoms with E-state index in [1.807, 2.05) is 18.2 Å². The zero-order chi connectivity index (χ0) is 31.4. The van der Waals surface area contributed by atoms with Crippen LogP contribution in [0.3, 0.4) is 0 Å². The molecule has 4 bridgehead atoms. The lowest BCUT2D eigenvalue weighted by atomic mass is 9.98. The molecule has 244 valence electrons. The molecule has 2 saturated heterocycles. The zero-order valence-corrected chi connectivity index (χ0v) is 24.5. The number of hydrogen-bond donors (Lipinski definition) is 7. The number of rotatable bonds is 6. The second-order valence-corrected chi connectivity index (χ2v) is 11.5. The summed E-state index contributed by atoms with van der Waals surface area (Å²) in [5, 5.41) is 72.1. The van der Waals surface area contributed by atoms with Crippen LogP contribution < -0.4 is 9.47 Å². The van der Waals surface area contributed by atoms with Crippen LogP contribution in [0.25, 0.3) is 0 Å². The zero-order valence-electron chi connectivity index (χ0n) is 24.5. The number of methoxy groups -OCH3 is 1. The number of aliphatic hydroxyl groups is 6. The molecule has 10 atom stereocenters. The molecule has 2 aromatic rings. The highest BCUT2D eigenvalue weighted by molar-refractivity contribution is 5.49. The first-order chi connectivity index (χ1) is 21.1. The number of aryl methyl sites for hydroxylation is 2. The normalized spacial score (nSPS) is 34.9. The minimum absolute atomic E-state index is 0.0200. The molecule has 2 aromatic carbocycles. The molecule has 0 spiro atoms. The quantitative estimate of drug-likeness (QED) is 0.235. The topological polar surface area (TPSA) is 197 Å². The van der Waals surface area contributed by atoms with Crippen molar-refractivity contribution in [1.29, 1.82) is 0 Å². The number of fused-ring (bicyclic) bond motifs is 8. The molecular formula is C31H42O13. The number of hydrogen-bond acceptors (Lipinski definition) is 13. The Morgan fingerprint density at radius 2 is 1.52 bits per heavy atom. The highest BCUT2D eigenvalue weighted by atomic mass is 16.7. The largest absolute Gasteiger partial charge is 0.504 e. The lowest BCUT2D eigenvalue weighted by Gasteiger charge is -2.42. The molecule has 0 aromatic heterocycles. The lowest BCUT2D eigenvalue weighted by Crippen LogP contribution is -2.60. The maximum atomic E-state index is 10.7. The van der Waals surface area contributed by atoms with Gasteiger partial charge in [-0.05, 0) is 67.5 Å². The van der Waals surface area contributed by atoms with Crippen molar-refractivity contribution >= 4 is 0 Å². The van der Waals surface area contributed by atoms with Crippen LogP contribution in [0.15, 0.2) is 36.4 Å². The number of aliphatic hydroxyl groups excluding tert-OH is 6. The van der Waals surface area contributed by atoms with Crippen molar-refractivity contribution in [3.05, 3.63) is 47.5 Å². The molecule has 4 aliphatic heterocycles. The van der Waals surface area contributed by atoms with E-state index in [9.17, 15) is 35.7 Å².